The van der Waals surface area contributed by atoms with E-state index in [1.807, 2.05) is 24.3 Å². The summed E-state index contributed by atoms with van der Waals surface area (Å²) in [6, 6.07) is 15.9. The molecule has 2 aromatic carbocycles. The van der Waals surface area contributed by atoms with Crippen LogP contribution in [-0.2, 0) is 0 Å². The number of ether oxygens (including phenoxy) is 1. The molecule has 0 heterocycles. The van der Waals surface area contributed by atoms with Gasteiger partial charge in [0.05, 0.1) is 6.07 Å². The number of aliphatic hydroxyl groups is 1. The third-order valence-corrected chi connectivity index (χ3v) is 4.23. The molecule has 0 saturated carbocycles. The van der Waals surface area contributed by atoms with Crippen molar-refractivity contribution in [3.05, 3.63) is 54.3 Å². The molecular weight excluding hydrogens is 327 g/mol. The number of halogens is 1. The maximum absolute atomic E-state index is 13.4. The van der Waals surface area contributed by atoms with Crippen molar-refractivity contribution < 1.29 is 14.2 Å². The number of nitriles is 1. The fourth-order valence-corrected chi connectivity index (χ4v) is 2.86. The van der Waals surface area contributed by atoms with Crippen LogP contribution in [0.2, 0.25) is 0 Å². The van der Waals surface area contributed by atoms with Gasteiger partial charge in [0.2, 0.25) is 0 Å². The largest absolute Gasteiger partial charge is 0.488 e. The number of thioether (sulfide) groups is 1. The molecule has 24 heavy (non-hydrogen) atoms. The summed E-state index contributed by atoms with van der Waals surface area (Å²) in [5, 5.41) is 21.8. The zero-order chi connectivity index (χ0) is 17.2. The standard InChI is InChI=1S/C18H19FN2O2S/c19-15-6-1-3-8-17(15)23-13-14(22)12-21-16-7-2-4-9-18(16)24-11-5-10-20/h1-4,6-9,14,21-22H,5,11-13H2. The molecule has 0 aliphatic rings. The highest BCUT2D eigenvalue weighted by Crippen LogP contribution is 2.27. The Morgan fingerprint density at radius 2 is 1.96 bits per heavy atom. The molecule has 0 fully saturated rings. The van der Waals surface area contributed by atoms with E-state index in [9.17, 15) is 9.50 Å². The second kappa shape index (κ2) is 9.81. The van der Waals surface area contributed by atoms with Crippen LogP contribution in [0.15, 0.2) is 53.4 Å². The Balaban J connectivity index is 1.82. The van der Waals surface area contributed by atoms with Crippen molar-refractivity contribution in [3.8, 4) is 11.8 Å². The lowest BCUT2D eigenvalue weighted by molar-refractivity contribution is 0.115. The van der Waals surface area contributed by atoms with Crippen LogP contribution in [0.1, 0.15) is 6.42 Å². The normalized spacial score (nSPS) is 11.5. The van der Waals surface area contributed by atoms with Crippen molar-refractivity contribution in [1.29, 1.82) is 5.26 Å². The average Bonchev–Trinajstić information content (AvgIpc) is 2.60. The highest BCUT2D eigenvalue weighted by atomic mass is 32.2. The van der Waals surface area contributed by atoms with Crippen molar-refractivity contribution >= 4 is 17.4 Å². The van der Waals surface area contributed by atoms with Crippen LogP contribution in [0.3, 0.4) is 0 Å². The predicted octanol–water partition coefficient (Wildman–Crippen LogP) is 3.68. The molecule has 2 N–H and O–H groups in total. The van der Waals surface area contributed by atoms with Gasteiger partial charge < -0.3 is 15.2 Å². The molecule has 4 nitrogen and oxygen atoms in total. The van der Waals surface area contributed by atoms with E-state index in [2.05, 4.69) is 11.4 Å². The van der Waals surface area contributed by atoms with Crippen molar-refractivity contribution in [3.63, 3.8) is 0 Å². The number of hydrogen-bond donors (Lipinski definition) is 2. The first-order chi connectivity index (χ1) is 11.7. The summed E-state index contributed by atoms with van der Waals surface area (Å²) in [6.07, 6.45) is -0.292. The molecule has 0 spiro atoms. The summed E-state index contributed by atoms with van der Waals surface area (Å²) in [6.45, 7) is 0.280. The maximum Gasteiger partial charge on any atom is 0.165 e. The average molecular weight is 346 g/mol. The summed E-state index contributed by atoms with van der Waals surface area (Å²) < 4.78 is 18.7. The first-order valence-electron chi connectivity index (χ1n) is 7.58. The summed E-state index contributed by atoms with van der Waals surface area (Å²) in [4.78, 5) is 1.02. The number of anilines is 1. The SMILES string of the molecule is N#CCCSc1ccccc1NCC(O)COc1ccccc1F. The zero-order valence-electron chi connectivity index (χ0n) is 13.1. The first-order valence-corrected chi connectivity index (χ1v) is 8.57. The highest BCUT2D eigenvalue weighted by molar-refractivity contribution is 7.99. The Bertz CT molecular complexity index is 691. The molecule has 1 atom stereocenters. The lowest BCUT2D eigenvalue weighted by Crippen LogP contribution is -2.26. The van der Waals surface area contributed by atoms with E-state index < -0.39 is 11.9 Å². The number of rotatable bonds is 9. The Hall–Kier alpha value is -2.23. The minimum atomic E-state index is -0.776. The summed E-state index contributed by atoms with van der Waals surface area (Å²) >= 11 is 1.59. The summed E-state index contributed by atoms with van der Waals surface area (Å²) in [5.41, 5.74) is 0.894. The van der Waals surface area contributed by atoms with Crippen LogP contribution in [0.25, 0.3) is 0 Å². The number of benzene rings is 2. The molecule has 0 saturated heterocycles. The molecule has 1 unspecified atom stereocenters. The molecule has 6 heteroatoms. The number of para-hydroxylation sites is 2. The molecule has 0 aromatic heterocycles. The van der Waals surface area contributed by atoms with Crippen LogP contribution in [0.5, 0.6) is 5.75 Å². The molecule has 0 aliphatic carbocycles. The lowest BCUT2D eigenvalue weighted by Gasteiger charge is -2.16. The van der Waals surface area contributed by atoms with E-state index >= 15 is 0 Å². The Morgan fingerprint density at radius 3 is 2.75 bits per heavy atom. The smallest absolute Gasteiger partial charge is 0.165 e. The van der Waals surface area contributed by atoms with Gasteiger partial charge in [0, 0.05) is 29.3 Å². The molecule has 0 radical (unpaired) electrons. The van der Waals surface area contributed by atoms with Gasteiger partial charge in [-0.1, -0.05) is 24.3 Å². The van der Waals surface area contributed by atoms with Crippen molar-refractivity contribution in [1.82, 2.24) is 0 Å². The minimum absolute atomic E-state index is 0.00231. The molecule has 2 aromatic rings. The van der Waals surface area contributed by atoms with E-state index in [0.717, 1.165) is 10.6 Å². The van der Waals surface area contributed by atoms with Gasteiger partial charge in [-0.2, -0.15) is 5.26 Å². The van der Waals surface area contributed by atoms with E-state index in [4.69, 9.17) is 10.00 Å². The van der Waals surface area contributed by atoms with Gasteiger partial charge in [-0.3, -0.25) is 0 Å². The van der Waals surface area contributed by atoms with Gasteiger partial charge >= 0.3 is 0 Å². The predicted molar refractivity (Wildman–Crippen MR) is 93.8 cm³/mol. The van der Waals surface area contributed by atoms with Crippen LogP contribution in [0, 0.1) is 17.1 Å². The number of aliphatic hydroxyl groups excluding tert-OH is 1. The molecule has 0 amide bonds. The fraction of sp³-hybridized carbons (Fsp3) is 0.278. The van der Waals surface area contributed by atoms with Gasteiger partial charge in [-0.15, -0.1) is 11.8 Å². The molecular formula is C18H19FN2O2S. The first kappa shape index (κ1) is 18.1. The Morgan fingerprint density at radius 1 is 1.21 bits per heavy atom. The molecule has 126 valence electrons. The second-order valence-corrected chi connectivity index (χ2v) is 6.17. The van der Waals surface area contributed by atoms with Crippen molar-refractivity contribution in [2.45, 2.75) is 17.4 Å². The van der Waals surface area contributed by atoms with Gasteiger partial charge in [-0.05, 0) is 24.3 Å². The molecule has 2 rings (SSSR count). The minimum Gasteiger partial charge on any atom is -0.488 e. The van der Waals surface area contributed by atoms with Crippen LogP contribution in [0.4, 0.5) is 10.1 Å². The second-order valence-electron chi connectivity index (χ2n) is 5.03. The monoisotopic (exact) mass is 346 g/mol. The van der Waals surface area contributed by atoms with Crippen molar-refractivity contribution in [2.75, 3.05) is 24.2 Å². The maximum atomic E-state index is 13.4. The molecule has 0 aliphatic heterocycles. The van der Waals surface area contributed by atoms with Crippen LogP contribution in [-0.4, -0.2) is 30.1 Å². The third kappa shape index (κ3) is 5.76. The topological polar surface area (TPSA) is 65.3 Å². The fourth-order valence-electron chi connectivity index (χ4n) is 1.98. The van der Waals surface area contributed by atoms with E-state index in [1.54, 1.807) is 23.9 Å². The van der Waals surface area contributed by atoms with Gasteiger partial charge in [0.1, 0.15) is 12.7 Å². The zero-order valence-corrected chi connectivity index (χ0v) is 13.9. The highest BCUT2D eigenvalue weighted by Gasteiger charge is 2.09. The van der Waals surface area contributed by atoms with Gasteiger partial charge in [0.25, 0.3) is 0 Å². The Kier molecular flexibility index (Phi) is 7.40. The van der Waals surface area contributed by atoms with Crippen molar-refractivity contribution in [2.24, 2.45) is 0 Å². The third-order valence-electron chi connectivity index (χ3n) is 3.15. The number of nitrogens with zero attached hydrogens (tertiary/aromatic N) is 1. The van der Waals surface area contributed by atoms with E-state index in [-0.39, 0.29) is 18.9 Å². The van der Waals surface area contributed by atoms with Crippen LogP contribution < -0.4 is 10.1 Å². The van der Waals surface area contributed by atoms with Gasteiger partial charge in [-0.25, -0.2) is 4.39 Å². The quantitative estimate of drug-likeness (QED) is 0.535. The van der Waals surface area contributed by atoms with E-state index in [0.29, 0.717) is 12.2 Å². The Labute approximate surface area is 145 Å². The van der Waals surface area contributed by atoms with Gasteiger partial charge in [0.15, 0.2) is 11.6 Å². The number of hydrogen-bond acceptors (Lipinski definition) is 5. The number of nitrogens with one attached hydrogen (secondary N) is 1. The lowest BCUT2D eigenvalue weighted by atomic mass is 10.3. The summed E-state index contributed by atoms with van der Waals surface area (Å²) in [5.74, 6) is 0.398. The summed E-state index contributed by atoms with van der Waals surface area (Å²) in [7, 11) is 0. The van der Waals surface area contributed by atoms with E-state index in [1.165, 1.54) is 12.1 Å². The van der Waals surface area contributed by atoms with Crippen LogP contribution >= 0.6 is 11.8 Å². The molecule has 0 bridgehead atoms.